The number of methoxy groups -OCH3 is 2. The summed E-state index contributed by atoms with van der Waals surface area (Å²) in [4.78, 5) is 4.39. The van der Waals surface area contributed by atoms with Crippen LogP contribution in [0.5, 0.6) is 11.5 Å². The minimum atomic E-state index is 0.379. The summed E-state index contributed by atoms with van der Waals surface area (Å²) in [5.41, 5.74) is 1.81. The van der Waals surface area contributed by atoms with E-state index in [0.29, 0.717) is 34.8 Å². The number of aromatic nitrogens is 3. The van der Waals surface area contributed by atoms with E-state index in [1.807, 2.05) is 30.3 Å². The molecule has 0 fully saturated rings. The van der Waals surface area contributed by atoms with Crippen molar-refractivity contribution in [2.75, 3.05) is 24.9 Å². The molecule has 0 saturated heterocycles. The minimum absolute atomic E-state index is 0.379. The number of ether oxygens (including phenoxy) is 2. The standard InChI is InChI=1S/C18H18ClN5O2/c1-25-15-7-6-12(8-16(15)26-2)10-20-17-11-21-24-18(23-17)22-14-5-3-4-13(19)9-14/h3-9,11H,10H2,1-2H3,(H2,20,22,23,24). The zero-order chi connectivity index (χ0) is 18.4. The average Bonchev–Trinajstić information content (AvgIpc) is 2.66. The van der Waals surface area contributed by atoms with E-state index < -0.39 is 0 Å². The van der Waals surface area contributed by atoms with Crippen molar-refractivity contribution >= 4 is 29.1 Å². The van der Waals surface area contributed by atoms with E-state index in [-0.39, 0.29) is 0 Å². The quantitative estimate of drug-likeness (QED) is 0.651. The number of hydrogen-bond acceptors (Lipinski definition) is 7. The number of anilines is 3. The highest BCUT2D eigenvalue weighted by Crippen LogP contribution is 2.27. The van der Waals surface area contributed by atoms with E-state index >= 15 is 0 Å². The second-order valence-corrected chi connectivity index (χ2v) is 5.78. The van der Waals surface area contributed by atoms with Gasteiger partial charge >= 0.3 is 0 Å². The van der Waals surface area contributed by atoms with Gasteiger partial charge in [-0.1, -0.05) is 23.7 Å². The van der Waals surface area contributed by atoms with Gasteiger partial charge in [0.15, 0.2) is 17.3 Å². The molecule has 0 amide bonds. The Bertz CT molecular complexity index is 891. The van der Waals surface area contributed by atoms with Crippen LogP contribution in [0.2, 0.25) is 5.02 Å². The summed E-state index contributed by atoms with van der Waals surface area (Å²) < 4.78 is 10.6. The topological polar surface area (TPSA) is 81.2 Å². The van der Waals surface area contributed by atoms with E-state index in [9.17, 15) is 0 Å². The fourth-order valence-corrected chi connectivity index (χ4v) is 2.51. The van der Waals surface area contributed by atoms with Gasteiger partial charge in [0.1, 0.15) is 0 Å². The molecule has 1 heterocycles. The second-order valence-electron chi connectivity index (χ2n) is 5.34. The Morgan fingerprint density at radius 2 is 1.88 bits per heavy atom. The number of nitrogens with one attached hydrogen (secondary N) is 2. The van der Waals surface area contributed by atoms with Crippen LogP contribution >= 0.6 is 11.6 Å². The van der Waals surface area contributed by atoms with Crippen molar-refractivity contribution in [2.24, 2.45) is 0 Å². The summed E-state index contributed by atoms with van der Waals surface area (Å²) in [5, 5.41) is 14.9. The van der Waals surface area contributed by atoms with Gasteiger partial charge in [0.05, 0.1) is 20.4 Å². The van der Waals surface area contributed by atoms with Crippen LogP contribution in [0.1, 0.15) is 5.56 Å². The van der Waals surface area contributed by atoms with E-state index in [4.69, 9.17) is 21.1 Å². The molecule has 0 aliphatic heterocycles. The van der Waals surface area contributed by atoms with E-state index in [0.717, 1.165) is 11.3 Å². The van der Waals surface area contributed by atoms with Gasteiger partial charge in [-0.3, -0.25) is 0 Å². The van der Waals surface area contributed by atoms with Crippen molar-refractivity contribution in [1.82, 2.24) is 15.2 Å². The predicted molar refractivity (Wildman–Crippen MR) is 101 cm³/mol. The molecule has 26 heavy (non-hydrogen) atoms. The molecule has 1 aromatic heterocycles. The van der Waals surface area contributed by atoms with Crippen molar-refractivity contribution in [3.05, 3.63) is 59.2 Å². The molecule has 0 unspecified atom stereocenters. The second kappa shape index (κ2) is 8.35. The van der Waals surface area contributed by atoms with E-state index in [2.05, 4.69) is 25.8 Å². The van der Waals surface area contributed by atoms with Gasteiger partial charge in [-0.15, -0.1) is 5.10 Å². The van der Waals surface area contributed by atoms with Gasteiger partial charge in [-0.25, -0.2) is 0 Å². The highest BCUT2D eigenvalue weighted by molar-refractivity contribution is 6.30. The number of rotatable bonds is 7. The Morgan fingerprint density at radius 3 is 2.65 bits per heavy atom. The molecule has 7 nitrogen and oxygen atoms in total. The van der Waals surface area contributed by atoms with Crippen LogP contribution in [0.25, 0.3) is 0 Å². The Morgan fingerprint density at radius 1 is 1.04 bits per heavy atom. The normalized spacial score (nSPS) is 10.3. The Kier molecular flexibility index (Phi) is 5.70. The van der Waals surface area contributed by atoms with Gasteiger partial charge in [-0.05, 0) is 35.9 Å². The maximum Gasteiger partial charge on any atom is 0.249 e. The minimum Gasteiger partial charge on any atom is -0.493 e. The van der Waals surface area contributed by atoms with Crippen LogP contribution in [-0.4, -0.2) is 29.4 Å². The highest BCUT2D eigenvalue weighted by atomic mass is 35.5. The van der Waals surface area contributed by atoms with Crippen molar-refractivity contribution in [3.63, 3.8) is 0 Å². The lowest BCUT2D eigenvalue weighted by Gasteiger charge is -2.11. The lowest BCUT2D eigenvalue weighted by molar-refractivity contribution is 0.354. The lowest BCUT2D eigenvalue weighted by atomic mass is 10.2. The molecule has 3 rings (SSSR count). The third kappa shape index (κ3) is 4.52. The zero-order valence-corrected chi connectivity index (χ0v) is 15.1. The molecule has 0 spiro atoms. The van der Waals surface area contributed by atoms with Crippen LogP contribution in [0.4, 0.5) is 17.5 Å². The van der Waals surface area contributed by atoms with Crippen molar-refractivity contribution in [2.45, 2.75) is 6.54 Å². The summed E-state index contributed by atoms with van der Waals surface area (Å²) in [7, 11) is 3.22. The van der Waals surface area contributed by atoms with Crippen LogP contribution in [0.3, 0.4) is 0 Å². The van der Waals surface area contributed by atoms with Crippen molar-refractivity contribution in [1.29, 1.82) is 0 Å². The van der Waals surface area contributed by atoms with Gasteiger partial charge in [0.25, 0.3) is 0 Å². The summed E-state index contributed by atoms with van der Waals surface area (Å²) in [6.45, 7) is 0.551. The van der Waals surface area contributed by atoms with Crippen LogP contribution in [0, 0.1) is 0 Å². The first-order valence-electron chi connectivity index (χ1n) is 7.85. The zero-order valence-electron chi connectivity index (χ0n) is 14.4. The van der Waals surface area contributed by atoms with Gasteiger partial charge in [0.2, 0.25) is 5.95 Å². The molecular weight excluding hydrogens is 354 g/mol. The molecule has 0 atom stereocenters. The molecule has 2 N–H and O–H groups in total. The van der Waals surface area contributed by atoms with Crippen LogP contribution in [-0.2, 0) is 6.54 Å². The SMILES string of the molecule is COc1ccc(CNc2cnnc(Nc3cccc(Cl)c3)n2)cc1OC. The Hall–Kier alpha value is -3.06. The van der Waals surface area contributed by atoms with Gasteiger partial charge in [-0.2, -0.15) is 10.1 Å². The third-order valence-electron chi connectivity index (χ3n) is 3.56. The van der Waals surface area contributed by atoms with E-state index in [1.165, 1.54) is 0 Å². The molecular formula is C18H18ClN5O2. The van der Waals surface area contributed by atoms with Crippen molar-refractivity contribution in [3.8, 4) is 11.5 Å². The van der Waals surface area contributed by atoms with Gasteiger partial charge < -0.3 is 20.1 Å². The summed E-state index contributed by atoms with van der Waals surface area (Å²) >= 11 is 5.98. The lowest BCUT2D eigenvalue weighted by Crippen LogP contribution is -2.06. The first-order chi connectivity index (χ1) is 12.7. The number of hydrogen-bond donors (Lipinski definition) is 2. The molecule has 0 aliphatic rings. The summed E-state index contributed by atoms with van der Waals surface area (Å²) in [6, 6.07) is 13.0. The summed E-state index contributed by atoms with van der Waals surface area (Å²) in [5.74, 6) is 2.34. The van der Waals surface area contributed by atoms with Crippen LogP contribution < -0.4 is 20.1 Å². The monoisotopic (exact) mass is 371 g/mol. The molecule has 0 radical (unpaired) electrons. The molecule has 8 heteroatoms. The van der Waals surface area contributed by atoms with E-state index in [1.54, 1.807) is 32.5 Å². The first kappa shape index (κ1) is 17.8. The molecule has 134 valence electrons. The maximum atomic E-state index is 5.98. The van der Waals surface area contributed by atoms with Gasteiger partial charge in [0, 0.05) is 17.3 Å². The average molecular weight is 372 g/mol. The molecule has 0 bridgehead atoms. The molecule has 0 saturated carbocycles. The Balaban J connectivity index is 1.67. The molecule has 0 aliphatic carbocycles. The fraction of sp³-hybridized carbons (Fsp3) is 0.167. The molecule has 3 aromatic rings. The molecule has 2 aromatic carbocycles. The number of benzene rings is 2. The smallest absolute Gasteiger partial charge is 0.249 e. The highest BCUT2D eigenvalue weighted by Gasteiger charge is 2.06. The summed E-state index contributed by atoms with van der Waals surface area (Å²) in [6.07, 6.45) is 1.56. The predicted octanol–water partition coefficient (Wildman–Crippen LogP) is 3.90. The number of nitrogens with zero attached hydrogens (tertiary/aromatic N) is 3. The third-order valence-corrected chi connectivity index (χ3v) is 3.80. The maximum absolute atomic E-state index is 5.98. The van der Waals surface area contributed by atoms with Crippen LogP contribution in [0.15, 0.2) is 48.7 Å². The fourth-order valence-electron chi connectivity index (χ4n) is 2.32. The Labute approximate surface area is 156 Å². The van der Waals surface area contributed by atoms with Crippen molar-refractivity contribution < 1.29 is 9.47 Å². The number of halogens is 1. The first-order valence-corrected chi connectivity index (χ1v) is 8.23. The largest absolute Gasteiger partial charge is 0.493 e.